The van der Waals surface area contributed by atoms with Crippen LogP contribution in [0.5, 0.6) is 0 Å². The summed E-state index contributed by atoms with van der Waals surface area (Å²) in [5, 5.41) is 14.9. The van der Waals surface area contributed by atoms with Crippen molar-refractivity contribution in [1.82, 2.24) is 10.1 Å². The first-order valence-corrected chi connectivity index (χ1v) is 8.47. The summed E-state index contributed by atoms with van der Waals surface area (Å²) in [6.07, 6.45) is 4.49. The van der Waals surface area contributed by atoms with Crippen LogP contribution >= 0.6 is 0 Å². The fourth-order valence-corrected chi connectivity index (χ4v) is 4.32. The molecule has 1 N–H and O–H groups in total. The van der Waals surface area contributed by atoms with E-state index in [-0.39, 0.29) is 11.8 Å². The van der Waals surface area contributed by atoms with Gasteiger partial charge in [-0.05, 0) is 38.5 Å². The summed E-state index contributed by atoms with van der Waals surface area (Å²) in [6.45, 7) is 7.23. The number of aryl methyl sites for hydroxylation is 2. The number of rotatable bonds is 3. The second kappa shape index (κ2) is 5.69. The van der Waals surface area contributed by atoms with Crippen LogP contribution in [-0.4, -0.2) is 39.8 Å². The molecule has 0 bridgehead atoms. The lowest BCUT2D eigenvalue weighted by molar-refractivity contribution is -0.0609. The number of aromatic nitrogens is 1. The van der Waals surface area contributed by atoms with Crippen molar-refractivity contribution in [2.45, 2.75) is 58.5 Å². The van der Waals surface area contributed by atoms with Crippen LogP contribution in [0.1, 0.15) is 61.3 Å². The highest BCUT2D eigenvalue weighted by atomic mass is 16.5. The first-order chi connectivity index (χ1) is 10.5. The number of fused-ring (bicyclic) bond motifs is 1. The van der Waals surface area contributed by atoms with Gasteiger partial charge in [-0.25, -0.2) is 0 Å². The monoisotopic (exact) mass is 306 g/mol. The minimum Gasteiger partial charge on any atom is -0.390 e. The lowest BCUT2D eigenvalue weighted by atomic mass is 9.69. The molecule has 1 aliphatic carbocycles. The summed E-state index contributed by atoms with van der Waals surface area (Å²) < 4.78 is 5.20. The van der Waals surface area contributed by atoms with E-state index in [9.17, 15) is 9.90 Å². The van der Waals surface area contributed by atoms with E-state index in [0.717, 1.165) is 37.9 Å². The molecule has 0 radical (unpaired) electrons. The molecule has 0 unspecified atom stereocenters. The molecule has 5 nitrogen and oxygen atoms in total. The number of carbonyl (C=O) groups is 1. The fourth-order valence-electron chi connectivity index (χ4n) is 4.32. The molecular formula is C17H26N2O3. The molecule has 1 aromatic heterocycles. The summed E-state index contributed by atoms with van der Waals surface area (Å²) in [5.41, 5.74) is 0.763. The lowest BCUT2D eigenvalue weighted by Gasteiger charge is -2.40. The van der Waals surface area contributed by atoms with Gasteiger partial charge in [-0.2, -0.15) is 0 Å². The number of likely N-dealkylation sites (tertiary alicyclic amines) is 1. The van der Waals surface area contributed by atoms with Gasteiger partial charge in [-0.1, -0.05) is 25.4 Å². The van der Waals surface area contributed by atoms with Gasteiger partial charge in [0, 0.05) is 19.0 Å². The zero-order valence-electron chi connectivity index (χ0n) is 13.8. The van der Waals surface area contributed by atoms with Crippen molar-refractivity contribution in [2.75, 3.05) is 13.1 Å². The van der Waals surface area contributed by atoms with Crippen LogP contribution in [0.4, 0.5) is 0 Å². The minimum atomic E-state index is -0.602. The second-order valence-electron chi connectivity index (χ2n) is 6.84. The predicted molar refractivity (Wildman–Crippen MR) is 82.6 cm³/mol. The molecular weight excluding hydrogens is 280 g/mol. The van der Waals surface area contributed by atoms with E-state index in [1.165, 1.54) is 0 Å². The Morgan fingerprint density at radius 1 is 1.45 bits per heavy atom. The summed E-state index contributed by atoms with van der Waals surface area (Å²) >= 11 is 0. The molecule has 2 heterocycles. The molecule has 1 amide bonds. The van der Waals surface area contributed by atoms with Crippen molar-refractivity contribution in [3.8, 4) is 0 Å². The first-order valence-electron chi connectivity index (χ1n) is 8.47. The maximum Gasteiger partial charge on any atom is 0.259 e. The van der Waals surface area contributed by atoms with Crippen LogP contribution in [0.2, 0.25) is 0 Å². The van der Waals surface area contributed by atoms with Crippen LogP contribution in [0.3, 0.4) is 0 Å². The molecule has 2 fully saturated rings. The van der Waals surface area contributed by atoms with Gasteiger partial charge in [-0.3, -0.25) is 4.79 Å². The van der Waals surface area contributed by atoms with E-state index in [1.54, 1.807) is 6.92 Å². The van der Waals surface area contributed by atoms with Crippen LogP contribution in [0.25, 0.3) is 0 Å². The highest BCUT2D eigenvalue weighted by Gasteiger charge is 2.49. The van der Waals surface area contributed by atoms with Crippen molar-refractivity contribution in [3.63, 3.8) is 0 Å². The molecule has 3 rings (SSSR count). The smallest absolute Gasteiger partial charge is 0.259 e. The third-order valence-corrected chi connectivity index (χ3v) is 5.70. The van der Waals surface area contributed by atoms with E-state index < -0.39 is 5.60 Å². The zero-order valence-corrected chi connectivity index (χ0v) is 13.8. The Labute approximate surface area is 131 Å². The van der Waals surface area contributed by atoms with Crippen LogP contribution in [0.15, 0.2) is 4.52 Å². The average molecular weight is 306 g/mol. The molecule has 1 saturated heterocycles. The second-order valence-corrected chi connectivity index (χ2v) is 6.84. The first kappa shape index (κ1) is 15.5. The summed E-state index contributed by atoms with van der Waals surface area (Å²) in [5.74, 6) is 1.25. The van der Waals surface area contributed by atoms with Crippen molar-refractivity contribution in [1.29, 1.82) is 0 Å². The summed E-state index contributed by atoms with van der Waals surface area (Å²) in [6, 6.07) is 0. The molecule has 1 aromatic rings. The third-order valence-electron chi connectivity index (χ3n) is 5.70. The van der Waals surface area contributed by atoms with Gasteiger partial charge in [0.25, 0.3) is 5.91 Å². The standard InChI is InChI=1S/C17H26N2O3/c1-4-14-15(11(3)22-18-14)16(20)19-9-12-7-6-8-17(21,5-2)13(12)10-19/h12-13,21H,4-10H2,1-3H3/t12-,13+,17-/m0/s1. The van der Waals surface area contributed by atoms with Gasteiger partial charge in [0.1, 0.15) is 11.3 Å². The summed E-state index contributed by atoms with van der Waals surface area (Å²) in [4.78, 5) is 14.8. The van der Waals surface area contributed by atoms with Crippen LogP contribution in [0, 0.1) is 18.8 Å². The Morgan fingerprint density at radius 2 is 2.23 bits per heavy atom. The van der Waals surface area contributed by atoms with Crippen molar-refractivity contribution < 1.29 is 14.4 Å². The van der Waals surface area contributed by atoms with Gasteiger partial charge in [0.15, 0.2) is 0 Å². The Bertz CT molecular complexity index is 568. The van der Waals surface area contributed by atoms with Gasteiger partial charge in [-0.15, -0.1) is 0 Å². The van der Waals surface area contributed by atoms with Crippen molar-refractivity contribution in [2.24, 2.45) is 11.8 Å². The molecule has 3 atom stereocenters. The van der Waals surface area contributed by atoms with Crippen LogP contribution in [-0.2, 0) is 6.42 Å². The van der Waals surface area contributed by atoms with E-state index in [0.29, 0.717) is 30.2 Å². The highest BCUT2D eigenvalue weighted by molar-refractivity contribution is 5.96. The number of hydrogen-bond donors (Lipinski definition) is 1. The lowest BCUT2D eigenvalue weighted by Crippen LogP contribution is -2.44. The molecule has 122 valence electrons. The van der Waals surface area contributed by atoms with Crippen molar-refractivity contribution >= 4 is 5.91 Å². The van der Waals surface area contributed by atoms with Gasteiger partial charge in [0.2, 0.25) is 0 Å². The molecule has 5 heteroatoms. The maximum atomic E-state index is 12.9. The van der Waals surface area contributed by atoms with Gasteiger partial charge < -0.3 is 14.5 Å². The van der Waals surface area contributed by atoms with E-state index in [2.05, 4.69) is 5.16 Å². The van der Waals surface area contributed by atoms with Crippen LogP contribution < -0.4 is 0 Å². The summed E-state index contributed by atoms with van der Waals surface area (Å²) in [7, 11) is 0. The topological polar surface area (TPSA) is 66.6 Å². The number of amides is 1. The number of aliphatic hydroxyl groups is 1. The average Bonchev–Trinajstić information content (AvgIpc) is 3.11. The van der Waals surface area contributed by atoms with E-state index in [1.807, 2.05) is 18.7 Å². The SMILES string of the molecule is CCc1noc(C)c1C(=O)N1C[C@@H]2CCC[C@@](O)(CC)[C@@H]2C1. The Hall–Kier alpha value is -1.36. The van der Waals surface area contributed by atoms with E-state index >= 15 is 0 Å². The molecule has 2 aliphatic rings. The maximum absolute atomic E-state index is 12.9. The Kier molecular flexibility index (Phi) is 4.02. The molecule has 1 aliphatic heterocycles. The number of carbonyl (C=O) groups excluding carboxylic acids is 1. The minimum absolute atomic E-state index is 0.0171. The Morgan fingerprint density at radius 3 is 2.91 bits per heavy atom. The molecule has 0 spiro atoms. The normalized spacial score (nSPS) is 31.4. The third kappa shape index (κ3) is 2.35. The van der Waals surface area contributed by atoms with E-state index in [4.69, 9.17) is 4.52 Å². The zero-order chi connectivity index (χ0) is 15.9. The fraction of sp³-hybridized carbons (Fsp3) is 0.765. The van der Waals surface area contributed by atoms with Crippen molar-refractivity contribution in [3.05, 3.63) is 17.0 Å². The molecule has 1 saturated carbocycles. The quantitative estimate of drug-likeness (QED) is 0.932. The highest BCUT2D eigenvalue weighted by Crippen LogP contribution is 2.44. The number of hydrogen-bond acceptors (Lipinski definition) is 4. The Balaban J connectivity index is 1.83. The number of nitrogens with zero attached hydrogens (tertiary/aromatic N) is 2. The molecule has 22 heavy (non-hydrogen) atoms. The predicted octanol–water partition coefficient (Wildman–Crippen LogP) is 2.56. The molecule has 0 aromatic carbocycles. The van der Waals surface area contributed by atoms with Gasteiger partial charge in [0.05, 0.1) is 11.3 Å². The van der Waals surface area contributed by atoms with Gasteiger partial charge >= 0.3 is 0 Å². The largest absolute Gasteiger partial charge is 0.390 e.